The Kier molecular flexibility index (Phi) is 5.51. The summed E-state index contributed by atoms with van der Waals surface area (Å²) in [7, 11) is 0. The predicted molar refractivity (Wildman–Crippen MR) is 85.9 cm³/mol. The molecule has 23 heavy (non-hydrogen) atoms. The van der Waals surface area contributed by atoms with Gasteiger partial charge in [0.15, 0.2) is 0 Å². The van der Waals surface area contributed by atoms with Gasteiger partial charge in [0, 0.05) is 5.39 Å². The van der Waals surface area contributed by atoms with Crippen molar-refractivity contribution in [3.8, 4) is 0 Å². The van der Waals surface area contributed by atoms with Crippen molar-refractivity contribution in [3.05, 3.63) is 42.1 Å². The van der Waals surface area contributed by atoms with Crippen LogP contribution in [0.5, 0.6) is 0 Å². The summed E-state index contributed by atoms with van der Waals surface area (Å²) in [6.45, 7) is 3.63. The highest BCUT2D eigenvalue weighted by atomic mass is 16.5. The number of ether oxygens (including phenoxy) is 1. The lowest BCUT2D eigenvalue weighted by Gasteiger charge is -2.19. The van der Waals surface area contributed by atoms with E-state index in [-0.39, 0.29) is 12.5 Å². The first-order chi connectivity index (χ1) is 11.0. The smallest absolute Gasteiger partial charge is 0.408 e. The van der Waals surface area contributed by atoms with Crippen LogP contribution < -0.4 is 5.32 Å². The van der Waals surface area contributed by atoms with Crippen LogP contribution in [0.25, 0.3) is 10.9 Å². The van der Waals surface area contributed by atoms with Gasteiger partial charge < -0.3 is 15.2 Å². The van der Waals surface area contributed by atoms with Gasteiger partial charge in [-0.05, 0) is 18.1 Å². The quantitative estimate of drug-likeness (QED) is 0.855. The van der Waals surface area contributed by atoms with Crippen molar-refractivity contribution in [2.24, 2.45) is 5.92 Å². The van der Waals surface area contributed by atoms with Gasteiger partial charge in [-0.15, -0.1) is 0 Å². The average molecular weight is 316 g/mol. The molecule has 1 aromatic carbocycles. The summed E-state index contributed by atoms with van der Waals surface area (Å²) in [6, 6.07) is 10.4. The molecule has 6 nitrogen and oxygen atoms in total. The number of carboxylic acid groups (broad SMARTS) is 1. The fraction of sp³-hybridized carbons (Fsp3) is 0.353. The monoisotopic (exact) mass is 316 g/mol. The number of hydrogen-bond donors (Lipinski definition) is 2. The predicted octanol–water partition coefficient (Wildman–Crippen LogP) is 2.96. The van der Waals surface area contributed by atoms with Gasteiger partial charge in [-0.2, -0.15) is 0 Å². The molecule has 0 saturated carbocycles. The second-order valence-corrected chi connectivity index (χ2v) is 5.42. The number of rotatable bonds is 6. The maximum Gasteiger partial charge on any atom is 0.408 e. The van der Waals surface area contributed by atoms with Crippen LogP contribution in [-0.2, 0) is 16.1 Å². The van der Waals surface area contributed by atoms with E-state index in [9.17, 15) is 9.59 Å². The van der Waals surface area contributed by atoms with Crippen LogP contribution >= 0.6 is 0 Å². The second-order valence-electron chi connectivity index (χ2n) is 5.42. The summed E-state index contributed by atoms with van der Waals surface area (Å²) >= 11 is 0. The van der Waals surface area contributed by atoms with E-state index < -0.39 is 18.1 Å². The number of alkyl carbamates (subject to hydrolysis) is 1. The van der Waals surface area contributed by atoms with Crippen LogP contribution in [-0.4, -0.2) is 28.2 Å². The number of carbonyl (C=O) groups is 2. The van der Waals surface area contributed by atoms with Crippen molar-refractivity contribution in [1.82, 2.24) is 10.3 Å². The molecule has 2 N–H and O–H groups in total. The van der Waals surface area contributed by atoms with Crippen molar-refractivity contribution in [3.63, 3.8) is 0 Å². The molecule has 1 aromatic heterocycles. The van der Waals surface area contributed by atoms with E-state index in [2.05, 4.69) is 10.3 Å². The summed E-state index contributed by atoms with van der Waals surface area (Å²) in [6.07, 6.45) is -0.114. The molecule has 0 radical (unpaired) electrons. The zero-order chi connectivity index (χ0) is 16.8. The number of benzene rings is 1. The van der Waals surface area contributed by atoms with Gasteiger partial charge in [-0.25, -0.2) is 14.6 Å². The highest BCUT2D eigenvalue weighted by Gasteiger charge is 2.25. The number of nitrogens with one attached hydrogen (secondary N) is 1. The van der Waals surface area contributed by atoms with Gasteiger partial charge in [0.2, 0.25) is 0 Å². The van der Waals surface area contributed by atoms with Gasteiger partial charge in [-0.1, -0.05) is 44.5 Å². The average Bonchev–Trinajstić information content (AvgIpc) is 2.56. The van der Waals surface area contributed by atoms with Crippen molar-refractivity contribution in [1.29, 1.82) is 0 Å². The minimum absolute atomic E-state index is 0.0104. The summed E-state index contributed by atoms with van der Waals surface area (Å²) in [5.41, 5.74) is 1.42. The molecular weight excluding hydrogens is 296 g/mol. The Morgan fingerprint density at radius 2 is 2.00 bits per heavy atom. The van der Waals surface area contributed by atoms with Gasteiger partial charge in [0.1, 0.15) is 12.6 Å². The molecule has 1 amide bonds. The van der Waals surface area contributed by atoms with Gasteiger partial charge in [0.25, 0.3) is 0 Å². The highest BCUT2D eigenvalue weighted by Crippen LogP contribution is 2.12. The lowest BCUT2D eigenvalue weighted by atomic mass is 10.00. The first-order valence-corrected chi connectivity index (χ1v) is 7.52. The van der Waals surface area contributed by atoms with Gasteiger partial charge in [-0.3, -0.25) is 0 Å². The fourth-order valence-corrected chi connectivity index (χ4v) is 2.18. The summed E-state index contributed by atoms with van der Waals surface area (Å²) in [5, 5.41) is 12.5. The molecule has 2 atom stereocenters. The topological polar surface area (TPSA) is 88.5 Å². The zero-order valence-electron chi connectivity index (χ0n) is 13.2. The fourth-order valence-electron chi connectivity index (χ4n) is 2.18. The van der Waals surface area contributed by atoms with Crippen molar-refractivity contribution < 1.29 is 19.4 Å². The number of para-hydroxylation sites is 1. The van der Waals surface area contributed by atoms with E-state index in [1.54, 1.807) is 13.0 Å². The van der Waals surface area contributed by atoms with Crippen LogP contribution in [0, 0.1) is 5.92 Å². The molecule has 0 bridgehead atoms. The zero-order valence-corrected chi connectivity index (χ0v) is 13.2. The third-order valence-electron chi connectivity index (χ3n) is 3.76. The molecule has 0 aliphatic carbocycles. The number of aromatic nitrogens is 1. The highest BCUT2D eigenvalue weighted by molar-refractivity contribution is 5.80. The normalized spacial score (nSPS) is 13.3. The van der Waals surface area contributed by atoms with Crippen molar-refractivity contribution >= 4 is 23.0 Å². The van der Waals surface area contributed by atoms with E-state index >= 15 is 0 Å². The van der Waals surface area contributed by atoms with Crippen molar-refractivity contribution in [2.75, 3.05) is 0 Å². The number of nitrogens with zero attached hydrogens (tertiary/aromatic N) is 1. The number of carbonyl (C=O) groups excluding carboxylic acids is 1. The first-order valence-electron chi connectivity index (χ1n) is 7.52. The Morgan fingerprint density at radius 3 is 2.70 bits per heavy atom. The molecule has 1 heterocycles. The largest absolute Gasteiger partial charge is 0.480 e. The molecule has 0 aliphatic heterocycles. The molecule has 0 saturated heterocycles. The van der Waals surface area contributed by atoms with Crippen LogP contribution in [0.2, 0.25) is 0 Å². The van der Waals surface area contributed by atoms with E-state index in [0.717, 1.165) is 10.9 Å². The Hall–Kier alpha value is -2.63. The minimum Gasteiger partial charge on any atom is -0.480 e. The lowest BCUT2D eigenvalue weighted by molar-refractivity contribution is -0.140. The summed E-state index contributed by atoms with van der Waals surface area (Å²) in [5.74, 6) is -1.25. The Balaban J connectivity index is 1.95. The minimum atomic E-state index is -1.07. The molecule has 0 aliphatic rings. The maximum atomic E-state index is 11.8. The molecule has 122 valence electrons. The van der Waals surface area contributed by atoms with Gasteiger partial charge >= 0.3 is 12.1 Å². The van der Waals surface area contributed by atoms with Gasteiger partial charge in [0.05, 0.1) is 11.2 Å². The number of hydrogen-bond acceptors (Lipinski definition) is 4. The number of pyridine rings is 1. The molecule has 2 unspecified atom stereocenters. The van der Waals surface area contributed by atoms with E-state index in [1.165, 1.54) is 0 Å². The van der Waals surface area contributed by atoms with E-state index in [1.807, 2.05) is 37.3 Å². The molecular formula is C17H20N2O4. The first kappa shape index (κ1) is 16.7. The molecule has 6 heteroatoms. The van der Waals surface area contributed by atoms with Crippen LogP contribution in [0.4, 0.5) is 4.79 Å². The second kappa shape index (κ2) is 7.58. The number of carboxylic acids is 1. The Morgan fingerprint density at radius 1 is 1.26 bits per heavy atom. The SMILES string of the molecule is CCC(C)C(NC(=O)OCc1ccc2ccccc2n1)C(=O)O. The van der Waals surface area contributed by atoms with Crippen molar-refractivity contribution in [2.45, 2.75) is 32.9 Å². The number of fused-ring (bicyclic) bond motifs is 1. The lowest BCUT2D eigenvalue weighted by Crippen LogP contribution is -2.45. The third kappa shape index (κ3) is 4.42. The molecule has 2 rings (SSSR count). The van der Waals surface area contributed by atoms with E-state index in [4.69, 9.17) is 9.84 Å². The molecule has 0 spiro atoms. The summed E-state index contributed by atoms with van der Waals surface area (Å²) < 4.78 is 5.08. The molecule has 0 fully saturated rings. The molecule has 2 aromatic rings. The Labute approximate surface area is 134 Å². The Bertz CT molecular complexity index is 702. The third-order valence-corrected chi connectivity index (χ3v) is 3.76. The summed E-state index contributed by atoms with van der Waals surface area (Å²) in [4.78, 5) is 27.4. The standard InChI is InChI=1S/C17H20N2O4/c1-3-11(2)15(16(20)21)19-17(22)23-10-13-9-8-12-6-4-5-7-14(12)18-13/h4-9,11,15H,3,10H2,1-2H3,(H,19,22)(H,20,21). The maximum absolute atomic E-state index is 11.8. The van der Waals surface area contributed by atoms with Crippen LogP contribution in [0.15, 0.2) is 36.4 Å². The number of amides is 1. The van der Waals surface area contributed by atoms with E-state index in [0.29, 0.717) is 12.1 Å². The number of aliphatic carboxylic acids is 1. The van der Waals surface area contributed by atoms with Crippen LogP contribution in [0.1, 0.15) is 26.0 Å². The van der Waals surface area contributed by atoms with Crippen LogP contribution in [0.3, 0.4) is 0 Å².